The van der Waals surface area contributed by atoms with Crippen LogP contribution >= 0.6 is 11.6 Å². The summed E-state index contributed by atoms with van der Waals surface area (Å²) in [6, 6.07) is 4.53. The van der Waals surface area contributed by atoms with Crippen LogP contribution in [0.1, 0.15) is 36.5 Å². The molecule has 5 nitrogen and oxygen atoms in total. The van der Waals surface area contributed by atoms with Crippen LogP contribution in [0.5, 0.6) is 0 Å². The third kappa shape index (κ3) is 4.19. The Morgan fingerprint density at radius 1 is 1.43 bits per heavy atom. The molecule has 114 valence electrons. The molecule has 1 atom stereocenters. The molecule has 1 aliphatic carbocycles. The van der Waals surface area contributed by atoms with Crippen molar-refractivity contribution in [2.75, 3.05) is 11.9 Å². The minimum Gasteiger partial charge on any atom is -0.478 e. The fourth-order valence-corrected chi connectivity index (χ4v) is 2.47. The van der Waals surface area contributed by atoms with Crippen LogP contribution in [0.15, 0.2) is 18.2 Å². The summed E-state index contributed by atoms with van der Waals surface area (Å²) in [7, 11) is 0. The average molecular weight is 311 g/mol. The molecule has 1 aromatic carbocycles. The van der Waals surface area contributed by atoms with E-state index < -0.39 is 5.97 Å². The predicted molar refractivity (Wildman–Crippen MR) is 81.8 cm³/mol. The van der Waals surface area contributed by atoms with Gasteiger partial charge in [0.15, 0.2) is 0 Å². The van der Waals surface area contributed by atoms with Crippen LogP contribution in [0.4, 0.5) is 5.69 Å². The molecular weight excluding hydrogens is 292 g/mol. The highest BCUT2D eigenvalue weighted by molar-refractivity contribution is 6.33. The summed E-state index contributed by atoms with van der Waals surface area (Å²) in [5.41, 5.74) is 0.408. The number of amides is 1. The van der Waals surface area contributed by atoms with Gasteiger partial charge in [-0.25, -0.2) is 4.79 Å². The Balaban J connectivity index is 1.89. The van der Waals surface area contributed by atoms with Gasteiger partial charge in [0.25, 0.3) is 0 Å². The molecule has 0 saturated heterocycles. The number of hydrogen-bond donors (Lipinski definition) is 3. The molecule has 1 aliphatic rings. The maximum absolute atomic E-state index is 11.9. The van der Waals surface area contributed by atoms with Gasteiger partial charge in [0.1, 0.15) is 0 Å². The Morgan fingerprint density at radius 3 is 2.71 bits per heavy atom. The van der Waals surface area contributed by atoms with Crippen molar-refractivity contribution in [1.29, 1.82) is 0 Å². The van der Waals surface area contributed by atoms with E-state index in [1.54, 1.807) is 0 Å². The lowest BCUT2D eigenvalue weighted by molar-refractivity contribution is -0.115. The van der Waals surface area contributed by atoms with E-state index in [1.165, 1.54) is 37.5 Å². The van der Waals surface area contributed by atoms with E-state index in [0.717, 1.165) is 0 Å². The molecule has 0 aliphatic heterocycles. The third-order valence-corrected chi connectivity index (χ3v) is 4.26. The Morgan fingerprint density at radius 2 is 2.14 bits per heavy atom. The molecule has 0 heterocycles. The summed E-state index contributed by atoms with van der Waals surface area (Å²) >= 11 is 5.96. The second-order valence-corrected chi connectivity index (χ2v) is 5.82. The van der Waals surface area contributed by atoms with Crippen LogP contribution < -0.4 is 10.6 Å². The number of nitrogens with one attached hydrogen (secondary N) is 2. The van der Waals surface area contributed by atoms with E-state index in [0.29, 0.717) is 22.7 Å². The highest BCUT2D eigenvalue weighted by Gasteiger charge is 2.23. The summed E-state index contributed by atoms with van der Waals surface area (Å²) in [6.07, 6.45) is 3.69. The van der Waals surface area contributed by atoms with Gasteiger partial charge in [-0.2, -0.15) is 0 Å². The zero-order chi connectivity index (χ0) is 15.4. The molecule has 1 aromatic rings. The van der Waals surface area contributed by atoms with Crippen molar-refractivity contribution in [3.63, 3.8) is 0 Å². The van der Waals surface area contributed by atoms with E-state index >= 15 is 0 Å². The molecule has 0 aromatic heterocycles. The van der Waals surface area contributed by atoms with Gasteiger partial charge in [-0.3, -0.25) is 4.79 Å². The summed E-state index contributed by atoms with van der Waals surface area (Å²) < 4.78 is 0. The Kier molecular flexibility index (Phi) is 5.20. The standard InChI is InChI=1S/C15H19ClN2O3/c1-9(10-3-2-4-10)17-8-14(19)18-13-7-11(15(20)21)5-6-12(13)16/h5-7,9-10,17H,2-4,8H2,1H3,(H,18,19)(H,20,21). The number of carboxylic acid groups (broad SMARTS) is 1. The van der Waals surface area contributed by atoms with Crippen molar-refractivity contribution in [3.05, 3.63) is 28.8 Å². The van der Waals surface area contributed by atoms with Gasteiger partial charge in [-0.15, -0.1) is 0 Å². The SMILES string of the molecule is CC(NCC(=O)Nc1cc(C(=O)O)ccc1Cl)C1CCC1. The lowest BCUT2D eigenvalue weighted by atomic mass is 9.80. The fourth-order valence-electron chi connectivity index (χ4n) is 2.31. The summed E-state index contributed by atoms with van der Waals surface area (Å²) in [5.74, 6) is -0.638. The Hall–Kier alpha value is -1.59. The second kappa shape index (κ2) is 6.91. The first-order valence-electron chi connectivity index (χ1n) is 7.03. The van der Waals surface area contributed by atoms with Crippen molar-refractivity contribution >= 4 is 29.2 Å². The van der Waals surface area contributed by atoms with Crippen LogP contribution in [0.25, 0.3) is 0 Å². The molecule has 1 fully saturated rings. The van der Waals surface area contributed by atoms with Crippen molar-refractivity contribution < 1.29 is 14.7 Å². The largest absolute Gasteiger partial charge is 0.478 e. The van der Waals surface area contributed by atoms with Gasteiger partial charge in [0.2, 0.25) is 5.91 Å². The van der Waals surface area contributed by atoms with E-state index in [-0.39, 0.29) is 18.0 Å². The lowest BCUT2D eigenvalue weighted by Gasteiger charge is -2.31. The zero-order valence-corrected chi connectivity index (χ0v) is 12.6. The molecule has 6 heteroatoms. The number of rotatable bonds is 6. The van der Waals surface area contributed by atoms with Crippen molar-refractivity contribution in [2.24, 2.45) is 5.92 Å². The number of benzene rings is 1. The topological polar surface area (TPSA) is 78.4 Å². The van der Waals surface area contributed by atoms with Gasteiger partial charge in [-0.05, 0) is 43.9 Å². The van der Waals surface area contributed by atoms with Gasteiger partial charge in [0, 0.05) is 6.04 Å². The maximum Gasteiger partial charge on any atom is 0.335 e. The number of carboxylic acids is 1. The van der Waals surface area contributed by atoms with Gasteiger partial charge in [0.05, 0.1) is 22.8 Å². The van der Waals surface area contributed by atoms with Crippen LogP contribution in [0.3, 0.4) is 0 Å². The molecule has 1 unspecified atom stereocenters. The molecule has 0 spiro atoms. The normalized spacial score (nSPS) is 16.1. The van der Waals surface area contributed by atoms with Crippen LogP contribution in [0, 0.1) is 5.92 Å². The first-order valence-corrected chi connectivity index (χ1v) is 7.41. The first-order chi connectivity index (χ1) is 9.97. The van der Waals surface area contributed by atoms with Crippen LogP contribution in [-0.4, -0.2) is 29.6 Å². The number of aromatic carboxylic acids is 1. The molecular formula is C15H19ClN2O3. The lowest BCUT2D eigenvalue weighted by Crippen LogP contribution is -2.41. The summed E-state index contributed by atoms with van der Waals surface area (Å²) in [6.45, 7) is 2.26. The molecule has 21 heavy (non-hydrogen) atoms. The molecule has 0 bridgehead atoms. The zero-order valence-electron chi connectivity index (χ0n) is 11.9. The monoisotopic (exact) mass is 310 g/mol. The highest BCUT2D eigenvalue weighted by atomic mass is 35.5. The highest BCUT2D eigenvalue weighted by Crippen LogP contribution is 2.29. The van der Waals surface area contributed by atoms with E-state index in [9.17, 15) is 9.59 Å². The number of anilines is 1. The molecule has 1 amide bonds. The van der Waals surface area contributed by atoms with Crippen molar-refractivity contribution in [3.8, 4) is 0 Å². The fraction of sp³-hybridized carbons (Fsp3) is 0.467. The number of hydrogen-bond acceptors (Lipinski definition) is 3. The molecule has 0 radical (unpaired) electrons. The minimum absolute atomic E-state index is 0.0884. The van der Waals surface area contributed by atoms with E-state index in [4.69, 9.17) is 16.7 Å². The molecule has 3 N–H and O–H groups in total. The maximum atomic E-state index is 11.9. The first kappa shape index (κ1) is 15.8. The Bertz CT molecular complexity index is 544. The van der Waals surface area contributed by atoms with Gasteiger partial charge >= 0.3 is 5.97 Å². The third-order valence-electron chi connectivity index (χ3n) is 3.93. The Labute approximate surface area is 128 Å². The van der Waals surface area contributed by atoms with Crippen molar-refractivity contribution in [1.82, 2.24) is 5.32 Å². The number of carbonyl (C=O) groups excluding carboxylic acids is 1. The quantitative estimate of drug-likeness (QED) is 0.755. The van der Waals surface area contributed by atoms with Crippen LogP contribution in [0.2, 0.25) is 5.02 Å². The van der Waals surface area contributed by atoms with Crippen LogP contribution in [-0.2, 0) is 4.79 Å². The second-order valence-electron chi connectivity index (χ2n) is 5.41. The number of halogens is 1. The smallest absolute Gasteiger partial charge is 0.335 e. The average Bonchev–Trinajstić information content (AvgIpc) is 2.36. The van der Waals surface area contributed by atoms with Gasteiger partial charge in [-0.1, -0.05) is 18.0 Å². The van der Waals surface area contributed by atoms with Crippen molar-refractivity contribution in [2.45, 2.75) is 32.2 Å². The van der Waals surface area contributed by atoms with E-state index in [2.05, 4.69) is 17.6 Å². The van der Waals surface area contributed by atoms with Gasteiger partial charge < -0.3 is 15.7 Å². The minimum atomic E-state index is -1.06. The molecule has 1 saturated carbocycles. The summed E-state index contributed by atoms with van der Waals surface area (Å²) in [4.78, 5) is 22.8. The predicted octanol–water partition coefficient (Wildman–Crippen LogP) is 2.75. The summed E-state index contributed by atoms with van der Waals surface area (Å²) in [5, 5.41) is 15.1. The molecule has 2 rings (SSSR count). The number of carbonyl (C=O) groups is 2. The van der Waals surface area contributed by atoms with E-state index in [1.807, 2.05) is 0 Å².